The normalized spacial score (nSPS) is 10.2. The lowest BCUT2D eigenvalue weighted by atomic mass is 10.1. The van der Waals surface area contributed by atoms with Gasteiger partial charge in [-0.2, -0.15) is 0 Å². The average molecular weight is 328 g/mol. The maximum absolute atomic E-state index is 5.42. The molecule has 122 valence electrons. The van der Waals surface area contributed by atoms with E-state index in [2.05, 4.69) is 41.8 Å². The van der Waals surface area contributed by atoms with Crippen molar-refractivity contribution >= 4 is 28.7 Å². The molecule has 0 radical (unpaired) electrons. The fourth-order valence-electron chi connectivity index (χ4n) is 2.23. The molecule has 0 amide bonds. The second-order valence-electron chi connectivity index (χ2n) is 5.34. The van der Waals surface area contributed by atoms with Crippen LogP contribution >= 0.6 is 12.2 Å². The number of hydrogen-bond acceptors (Lipinski definition) is 2. The molecule has 0 aliphatic carbocycles. The molecular weight excluding hydrogens is 304 g/mol. The maximum Gasteiger partial charge on any atom is 0.175 e. The number of aryl methyl sites for hydroxylation is 1. The zero-order valence-corrected chi connectivity index (χ0v) is 14.6. The summed E-state index contributed by atoms with van der Waals surface area (Å²) in [4.78, 5) is 0. The summed E-state index contributed by atoms with van der Waals surface area (Å²) >= 11 is 5.35. The summed E-state index contributed by atoms with van der Waals surface area (Å²) in [6, 6.07) is 16.2. The van der Waals surface area contributed by atoms with E-state index in [1.165, 1.54) is 18.4 Å². The number of anilines is 2. The molecule has 0 saturated heterocycles. The van der Waals surface area contributed by atoms with Gasteiger partial charge in [-0.05, 0) is 73.9 Å². The molecule has 0 heterocycles. The van der Waals surface area contributed by atoms with Crippen molar-refractivity contribution < 1.29 is 4.74 Å². The minimum atomic E-state index is 0.579. The average Bonchev–Trinajstić information content (AvgIpc) is 2.56. The van der Waals surface area contributed by atoms with Crippen molar-refractivity contribution in [3.63, 3.8) is 0 Å². The Balaban J connectivity index is 1.86. The second-order valence-corrected chi connectivity index (χ2v) is 5.75. The Hall–Kier alpha value is -2.07. The van der Waals surface area contributed by atoms with Gasteiger partial charge in [-0.1, -0.05) is 25.5 Å². The van der Waals surface area contributed by atoms with Crippen LogP contribution in [0.1, 0.15) is 32.3 Å². The van der Waals surface area contributed by atoms with Gasteiger partial charge in [0.05, 0.1) is 6.61 Å². The first-order chi connectivity index (χ1) is 11.2. The van der Waals surface area contributed by atoms with Crippen LogP contribution in [-0.4, -0.2) is 11.7 Å². The van der Waals surface area contributed by atoms with Gasteiger partial charge < -0.3 is 15.4 Å². The van der Waals surface area contributed by atoms with Crippen LogP contribution in [0.5, 0.6) is 5.75 Å². The van der Waals surface area contributed by atoms with Crippen molar-refractivity contribution in [1.29, 1.82) is 0 Å². The summed E-state index contributed by atoms with van der Waals surface area (Å²) in [5, 5.41) is 6.96. The van der Waals surface area contributed by atoms with Gasteiger partial charge >= 0.3 is 0 Å². The molecular formula is C19H24N2OS. The van der Waals surface area contributed by atoms with Crippen LogP contribution in [0, 0.1) is 0 Å². The van der Waals surface area contributed by atoms with E-state index in [4.69, 9.17) is 17.0 Å². The van der Waals surface area contributed by atoms with Gasteiger partial charge in [0.1, 0.15) is 5.75 Å². The predicted molar refractivity (Wildman–Crippen MR) is 103 cm³/mol. The first kappa shape index (κ1) is 17.3. The van der Waals surface area contributed by atoms with E-state index in [0.29, 0.717) is 11.7 Å². The first-order valence-electron chi connectivity index (χ1n) is 8.11. The molecule has 0 saturated carbocycles. The third-order valence-corrected chi connectivity index (χ3v) is 3.66. The van der Waals surface area contributed by atoms with Crippen molar-refractivity contribution in [1.82, 2.24) is 0 Å². The third kappa shape index (κ3) is 5.91. The third-order valence-electron chi connectivity index (χ3n) is 3.45. The van der Waals surface area contributed by atoms with E-state index in [1.54, 1.807) is 0 Å². The van der Waals surface area contributed by atoms with E-state index in [0.717, 1.165) is 23.5 Å². The molecule has 0 atom stereocenters. The molecule has 23 heavy (non-hydrogen) atoms. The van der Waals surface area contributed by atoms with Gasteiger partial charge in [-0.25, -0.2) is 0 Å². The molecule has 2 aromatic carbocycles. The van der Waals surface area contributed by atoms with Gasteiger partial charge in [0.2, 0.25) is 0 Å². The fourth-order valence-corrected chi connectivity index (χ4v) is 2.47. The Kier molecular flexibility index (Phi) is 6.88. The minimum Gasteiger partial charge on any atom is -0.494 e. The Morgan fingerprint density at radius 3 is 2.00 bits per heavy atom. The number of unbranched alkanes of at least 4 members (excludes halogenated alkanes) is 1. The van der Waals surface area contributed by atoms with Gasteiger partial charge in [0.25, 0.3) is 0 Å². The van der Waals surface area contributed by atoms with E-state index in [1.807, 2.05) is 31.2 Å². The van der Waals surface area contributed by atoms with Gasteiger partial charge in [0, 0.05) is 11.4 Å². The topological polar surface area (TPSA) is 33.3 Å². The summed E-state index contributed by atoms with van der Waals surface area (Å²) in [6.07, 6.45) is 3.58. The Bertz CT molecular complexity index is 608. The molecule has 2 rings (SSSR count). The summed E-state index contributed by atoms with van der Waals surface area (Å²) in [7, 11) is 0. The van der Waals surface area contributed by atoms with Crippen molar-refractivity contribution in [3.05, 3.63) is 54.1 Å². The van der Waals surface area contributed by atoms with E-state index in [9.17, 15) is 0 Å². The summed E-state index contributed by atoms with van der Waals surface area (Å²) in [5.74, 6) is 0.861. The van der Waals surface area contributed by atoms with Gasteiger partial charge in [0.15, 0.2) is 5.11 Å². The fraction of sp³-hybridized carbons (Fsp3) is 0.316. The standard InChI is InChI=1S/C19H24N2OS/c1-3-5-6-15-7-9-16(10-8-15)20-19(23)21-17-11-13-18(14-12-17)22-4-2/h7-14H,3-6H2,1-2H3,(H2,20,21,23). The largest absolute Gasteiger partial charge is 0.494 e. The Morgan fingerprint density at radius 1 is 0.913 bits per heavy atom. The maximum atomic E-state index is 5.42. The summed E-state index contributed by atoms with van der Waals surface area (Å²) in [6.45, 7) is 4.85. The quantitative estimate of drug-likeness (QED) is 0.681. The monoisotopic (exact) mass is 328 g/mol. The van der Waals surface area contributed by atoms with Crippen molar-refractivity contribution in [2.45, 2.75) is 33.1 Å². The van der Waals surface area contributed by atoms with Crippen molar-refractivity contribution in [3.8, 4) is 5.75 Å². The highest BCUT2D eigenvalue weighted by Crippen LogP contribution is 2.16. The van der Waals surface area contributed by atoms with E-state index < -0.39 is 0 Å². The highest BCUT2D eigenvalue weighted by molar-refractivity contribution is 7.80. The summed E-state index contributed by atoms with van der Waals surface area (Å²) < 4.78 is 5.42. The SMILES string of the molecule is CCCCc1ccc(NC(=S)Nc2ccc(OCC)cc2)cc1. The van der Waals surface area contributed by atoms with Crippen LogP contribution in [-0.2, 0) is 6.42 Å². The summed E-state index contributed by atoms with van der Waals surface area (Å²) in [5.41, 5.74) is 3.29. The highest BCUT2D eigenvalue weighted by atomic mass is 32.1. The number of hydrogen-bond donors (Lipinski definition) is 2. The number of rotatable bonds is 7. The molecule has 0 aromatic heterocycles. The Labute approximate surface area is 144 Å². The molecule has 0 fully saturated rings. The molecule has 0 aliphatic rings. The molecule has 4 heteroatoms. The smallest absolute Gasteiger partial charge is 0.175 e. The first-order valence-corrected chi connectivity index (χ1v) is 8.52. The van der Waals surface area contributed by atoms with Crippen LogP contribution in [0.4, 0.5) is 11.4 Å². The molecule has 0 aliphatic heterocycles. The zero-order chi connectivity index (χ0) is 16.5. The lowest BCUT2D eigenvalue weighted by Crippen LogP contribution is -2.18. The van der Waals surface area contributed by atoms with Crippen LogP contribution < -0.4 is 15.4 Å². The van der Waals surface area contributed by atoms with Crippen molar-refractivity contribution in [2.24, 2.45) is 0 Å². The minimum absolute atomic E-state index is 0.579. The van der Waals surface area contributed by atoms with E-state index in [-0.39, 0.29) is 0 Å². The van der Waals surface area contributed by atoms with Crippen LogP contribution in [0.2, 0.25) is 0 Å². The second kappa shape index (κ2) is 9.16. The number of benzene rings is 2. The van der Waals surface area contributed by atoms with E-state index >= 15 is 0 Å². The molecule has 2 aromatic rings. The van der Waals surface area contributed by atoms with Crippen LogP contribution in [0.15, 0.2) is 48.5 Å². The highest BCUT2D eigenvalue weighted by Gasteiger charge is 2.00. The zero-order valence-electron chi connectivity index (χ0n) is 13.8. The lowest BCUT2D eigenvalue weighted by molar-refractivity contribution is 0.340. The predicted octanol–water partition coefficient (Wildman–Crippen LogP) is 5.24. The van der Waals surface area contributed by atoms with Crippen LogP contribution in [0.25, 0.3) is 0 Å². The molecule has 0 spiro atoms. The lowest BCUT2D eigenvalue weighted by Gasteiger charge is -2.11. The number of ether oxygens (including phenoxy) is 1. The number of nitrogens with one attached hydrogen (secondary N) is 2. The van der Waals surface area contributed by atoms with Crippen molar-refractivity contribution in [2.75, 3.05) is 17.2 Å². The molecule has 0 unspecified atom stereocenters. The Morgan fingerprint density at radius 2 is 1.48 bits per heavy atom. The molecule has 3 nitrogen and oxygen atoms in total. The molecule has 2 N–H and O–H groups in total. The van der Waals surface area contributed by atoms with Gasteiger partial charge in [-0.15, -0.1) is 0 Å². The van der Waals surface area contributed by atoms with Gasteiger partial charge in [-0.3, -0.25) is 0 Å². The molecule has 0 bridgehead atoms. The van der Waals surface area contributed by atoms with Crippen LogP contribution in [0.3, 0.4) is 0 Å². The number of thiocarbonyl (C=S) groups is 1.